The number of ether oxygens (including phenoxy) is 2. The van der Waals surface area contributed by atoms with Gasteiger partial charge in [-0.25, -0.2) is 4.79 Å². The average molecular weight is 522 g/mol. The number of aliphatic imine (C=N–C) groups is 1. The molecule has 3 aromatic rings. The number of rotatable bonds is 12. The van der Waals surface area contributed by atoms with Gasteiger partial charge in [-0.3, -0.25) is 9.67 Å². The van der Waals surface area contributed by atoms with Gasteiger partial charge in [0.25, 0.3) is 0 Å². The van der Waals surface area contributed by atoms with E-state index in [2.05, 4.69) is 46.1 Å². The predicted molar refractivity (Wildman–Crippen MR) is 149 cm³/mol. The van der Waals surface area contributed by atoms with Crippen molar-refractivity contribution in [2.45, 2.75) is 37.3 Å². The highest BCUT2D eigenvalue weighted by molar-refractivity contribution is 8.00. The van der Waals surface area contributed by atoms with E-state index in [4.69, 9.17) is 19.7 Å². The number of methoxy groups -OCH3 is 1. The van der Waals surface area contributed by atoms with E-state index in [1.807, 2.05) is 24.4 Å². The Labute approximate surface area is 222 Å². The van der Waals surface area contributed by atoms with Crippen LogP contribution in [-0.2, 0) is 16.1 Å². The van der Waals surface area contributed by atoms with Crippen LogP contribution in [0.15, 0.2) is 64.6 Å². The van der Waals surface area contributed by atoms with Crippen molar-refractivity contribution in [1.29, 1.82) is 0 Å². The van der Waals surface area contributed by atoms with Gasteiger partial charge in [-0.1, -0.05) is 54.2 Å². The predicted octanol–water partition coefficient (Wildman–Crippen LogP) is 5.93. The number of carboxylic acids is 1. The highest BCUT2D eigenvalue weighted by Gasteiger charge is 2.26. The van der Waals surface area contributed by atoms with E-state index in [1.165, 1.54) is 0 Å². The molecular formula is C29H35N3O4S. The van der Waals surface area contributed by atoms with E-state index in [0.717, 1.165) is 71.1 Å². The average Bonchev–Trinajstić information content (AvgIpc) is 3.28. The van der Waals surface area contributed by atoms with E-state index in [0.29, 0.717) is 18.4 Å². The van der Waals surface area contributed by atoms with Crippen LogP contribution in [0.3, 0.4) is 0 Å². The molecule has 1 N–H and O–H groups in total. The summed E-state index contributed by atoms with van der Waals surface area (Å²) in [5, 5.41) is 15.0. The minimum absolute atomic E-state index is 0.218. The second kappa shape index (κ2) is 13.4. The van der Waals surface area contributed by atoms with Gasteiger partial charge < -0.3 is 14.6 Å². The van der Waals surface area contributed by atoms with Crippen LogP contribution < -0.4 is 4.74 Å². The standard InChI is InChI=1S/C29H35N3O4S/c1-30-15-16-37-29-27(24-9-6-10-25(17-24)35-2)28(23-7-4-3-5-8-23)32(31-29)18-21-11-13-22(14-12-21)19-36-20-26(33)34/h3-10,15,17,21-22H,11-14,16,18-20H2,1-2H3,(H,33,34). The van der Waals surface area contributed by atoms with Gasteiger partial charge in [0.1, 0.15) is 17.4 Å². The molecule has 0 unspecified atom stereocenters. The normalized spacial score (nSPS) is 17.8. The molecule has 1 aromatic heterocycles. The third-order valence-corrected chi connectivity index (χ3v) is 7.65. The molecule has 1 saturated carbocycles. The number of carbonyl (C=O) groups is 1. The number of benzene rings is 2. The summed E-state index contributed by atoms with van der Waals surface area (Å²) in [6, 6.07) is 18.7. The van der Waals surface area contributed by atoms with Crippen LogP contribution in [0.25, 0.3) is 22.4 Å². The van der Waals surface area contributed by atoms with Crippen LogP contribution in [0.1, 0.15) is 25.7 Å². The molecule has 37 heavy (non-hydrogen) atoms. The van der Waals surface area contributed by atoms with Gasteiger partial charge in [-0.2, -0.15) is 5.10 Å². The number of thioether (sulfide) groups is 1. The summed E-state index contributed by atoms with van der Waals surface area (Å²) >= 11 is 1.70. The molecular weight excluding hydrogens is 486 g/mol. The lowest BCUT2D eigenvalue weighted by Crippen LogP contribution is -2.23. The molecule has 0 aliphatic heterocycles. The van der Waals surface area contributed by atoms with Crippen LogP contribution in [0.4, 0.5) is 0 Å². The number of aromatic nitrogens is 2. The Kier molecular flexibility index (Phi) is 9.79. The molecule has 0 radical (unpaired) electrons. The van der Waals surface area contributed by atoms with Crippen molar-refractivity contribution < 1.29 is 19.4 Å². The first-order chi connectivity index (χ1) is 18.1. The van der Waals surface area contributed by atoms with Crippen molar-refractivity contribution in [3.8, 4) is 28.1 Å². The van der Waals surface area contributed by atoms with E-state index in [9.17, 15) is 4.79 Å². The van der Waals surface area contributed by atoms with Crippen molar-refractivity contribution in [1.82, 2.24) is 9.78 Å². The van der Waals surface area contributed by atoms with E-state index >= 15 is 0 Å². The third kappa shape index (κ3) is 7.23. The van der Waals surface area contributed by atoms with Gasteiger partial charge in [0, 0.05) is 36.7 Å². The molecule has 4 rings (SSSR count). The number of carboxylic acid groups (broad SMARTS) is 1. The number of aliphatic carboxylic acids is 1. The SMILES string of the molecule is CN=CCSc1nn(CC2CCC(COCC(=O)O)CC2)c(-c2ccccc2)c1-c1cccc(OC)c1. The van der Waals surface area contributed by atoms with Gasteiger partial charge in [-0.15, -0.1) is 0 Å². The minimum atomic E-state index is -0.911. The Morgan fingerprint density at radius 2 is 1.84 bits per heavy atom. The summed E-state index contributed by atoms with van der Waals surface area (Å²) in [6.45, 7) is 1.14. The Morgan fingerprint density at radius 1 is 1.11 bits per heavy atom. The lowest BCUT2D eigenvalue weighted by atomic mass is 9.82. The molecule has 7 nitrogen and oxygen atoms in total. The summed E-state index contributed by atoms with van der Waals surface area (Å²) in [6.07, 6.45) is 6.16. The Morgan fingerprint density at radius 3 is 2.54 bits per heavy atom. The van der Waals surface area contributed by atoms with Gasteiger partial charge in [0.15, 0.2) is 0 Å². The lowest BCUT2D eigenvalue weighted by molar-refractivity contribution is -0.142. The quantitative estimate of drug-likeness (QED) is 0.235. The molecule has 1 heterocycles. The maximum absolute atomic E-state index is 10.7. The summed E-state index contributed by atoms with van der Waals surface area (Å²) < 4.78 is 13.1. The zero-order valence-electron chi connectivity index (χ0n) is 21.5. The van der Waals surface area contributed by atoms with Gasteiger partial charge >= 0.3 is 5.97 Å². The monoisotopic (exact) mass is 521 g/mol. The zero-order valence-corrected chi connectivity index (χ0v) is 22.3. The molecule has 0 amide bonds. The van der Waals surface area contributed by atoms with Crippen LogP contribution in [0.5, 0.6) is 5.75 Å². The van der Waals surface area contributed by atoms with Gasteiger partial charge in [0.05, 0.1) is 19.4 Å². The van der Waals surface area contributed by atoms with Crippen molar-refractivity contribution in [3.63, 3.8) is 0 Å². The fraction of sp³-hybridized carbons (Fsp3) is 0.414. The van der Waals surface area contributed by atoms with Crippen LogP contribution in [0.2, 0.25) is 0 Å². The minimum Gasteiger partial charge on any atom is -0.497 e. The molecule has 0 atom stereocenters. The summed E-state index contributed by atoms with van der Waals surface area (Å²) in [5.74, 6) is 1.59. The van der Waals surface area contributed by atoms with E-state index in [-0.39, 0.29) is 6.61 Å². The first-order valence-corrected chi connectivity index (χ1v) is 13.7. The van der Waals surface area contributed by atoms with Crippen molar-refractivity contribution in [3.05, 3.63) is 54.6 Å². The Balaban J connectivity index is 1.64. The summed E-state index contributed by atoms with van der Waals surface area (Å²) in [4.78, 5) is 14.9. The van der Waals surface area contributed by atoms with Gasteiger partial charge in [0.2, 0.25) is 0 Å². The highest BCUT2D eigenvalue weighted by Crippen LogP contribution is 2.41. The highest BCUT2D eigenvalue weighted by atomic mass is 32.2. The van der Waals surface area contributed by atoms with Crippen molar-refractivity contribution in [2.24, 2.45) is 16.8 Å². The Hall–Kier alpha value is -3.10. The van der Waals surface area contributed by atoms with Crippen molar-refractivity contribution in [2.75, 3.05) is 33.1 Å². The molecule has 0 spiro atoms. The van der Waals surface area contributed by atoms with Crippen LogP contribution >= 0.6 is 11.8 Å². The van der Waals surface area contributed by atoms with E-state index < -0.39 is 5.97 Å². The smallest absolute Gasteiger partial charge is 0.329 e. The molecule has 2 aromatic carbocycles. The van der Waals surface area contributed by atoms with Crippen LogP contribution in [-0.4, -0.2) is 60.2 Å². The largest absolute Gasteiger partial charge is 0.497 e. The van der Waals surface area contributed by atoms with Gasteiger partial charge in [-0.05, 0) is 55.2 Å². The fourth-order valence-electron chi connectivity index (χ4n) is 4.93. The fourth-order valence-corrected chi connectivity index (χ4v) is 5.83. The zero-order chi connectivity index (χ0) is 26.0. The third-order valence-electron chi connectivity index (χ3n) is 6.78. The molecule has 196 valence electrons. The first-order valence-electron chi connectivity index (χ1n) is 12.7. The van der Waals surface area contributed by atoms with Crippen LogP contribution in [0, 0.1) is 11.8 Å². The molecule has 1 aliphatic carbocycles. The second-order valence-electron chi connectivity index (χ2n) is 9.36. The topological polar surface area (TPSA) is 85.9 Å². The lowest BCUT2D eigenvalue weighted by Gasteiger charge is -2.28. The van der Waals surface area contributed by atoms with Crippen molar-refractivity contribution >= 4 is 23.9 Å². The maximum atomic E-state index is 10.7. The molecule has 1 fully saturated rings. The summed E-state index contributed by atoms with van der Waals surface area (Å²) in [7, 11) is 3.48. The number of nitrogens with zero attached hydrogens (tertiary/aromatic N) is 3. The maximum Gasteiger partial charge on any atom is 0.329 e. The number of hydrogen-bond donors (Lipinski definition) is 1. The molecule has 8 heteroatoms. The first kappa shape index (κ1) is 26.9. The second-order valence-corrected chi connectivity index (χ2v) is 10.4. The number of hydrogen-bond acceptors (Lipinski definition) is 6. The summed E-state index contributed by atoms with van der Waals surface area (Å²) in [5.41, 5.74) is 4.46. The molecule has 1 aliphatic rings. The molecule has 0 bridgehead atoms. The van der Waals surface area contributed by atoms with E-state index in [1.54, 1.807) is 25.9 Å². The molecule has 0 saturated heterocycles. The Bertz CT molecular complexity index is 1190.